The first-order valence-corrected chi connectivity index (χ1v) is 6.96. The zero-order valence-corrected chi connectivity index (χ0v) is 7.62. The lowest BCUT2D eigenvalue weighted by Gasteiger charge is -1.94. The molecule has 0 aromatic carbocycles. The fraction of sp³-hybridized carbons (Fsp3) is 1.00. The van der Waals surface area contributed by atoms with Crippen molar-refractivity contribution in [2.24, 2.45) is 0 Å². The van der Waals surface area contributed by atoms with Crippen molar-refractivity contribution in [3.63, 3.8) is 0 Å². The minimum absolute atomic E-state index is 0.0201. The molecule has 0 amide bonds. The molecule has 0 aromatic heterocycles. The number of hydrogen-bond acceptors (Lipinski definition) is 4. The van der Waals surface area contributed by atoms with Gasteiger partial charge in [-0.25, -0.2) is 16.8 Å². The highest BCUT2D eigenvalue weighted by Crippen LogP contribution is 2.05. The van der Waals surface area contributed by atoms with Crippen molar-refractivity contribution in [2.45, 2.75) is 6.42 Å². The second-order valence-electron chi connectivity index (χ2n) is 2.66. The summed E-state index contributed by atoms with van der Waals surface area (Å²) in [5, 5.41) is 0. The van der Waals surface area contributed by atoms with Crippen LogP contribution in [0.15, 0.2) is 0 Å². The Morgan fingerprint density at radius 2 is 1.00 bits per heavy atom. The Bertz CT molecular complexity index is 289. The van der Waals surface area contributed by atoms with E-state index >= 15 is 0 Å². The molecule has 1 aliphatic heterocycles. The highest BCUT2D eigenvalue weighted by atomic mass is 32.2. The molecule has 6 heteroatoms. The topological polar surface area (TPSA) is 68.3 Å². The minimum Gasteiger partial charge on any atom is -0.229 e. The Kier molecular flexibility index (Phi) is 2.24. The molecule has 4 nitrogen and oxygen atoms in total. The quantitative estimate of drug-likeness (QED) is 0.512. The Balaban J connectivity index is 2.84. The Morgan fingerprint density at radius 3 is 1.36 bits per heavy atom. The Labute approximate surface area is 66.4 Å². The van der Waals surface area contributed by atoms with Gasteiger partial charge in [-0.15, -0.1) is 0 Å². The van der Waals surface area contributed by atoms with E-state index in [0.717, 1.165) is 0 Å². The van der Waals surface area contributed by atoms with E-state index in [1.807, 2.05) is 0 Å². The monoisotopic (exact) mass is 198 g/mol. The average molecular weight is 198 g/mol. The fourth-order valence-corrected chi connectivity index (χ4v) is 4.75. The van der Waals surface area contributed by atoms with E-state index in [9.17, 15) is 16.8 Å². The zero-order chi connectivity index (χ0) is 8.54. The molecule has 66 valence electrons. The lowest BCUT2D eigenvalue weighted by Crippen LogP contribution is -2.14. The van der Waals surface area contributed by atoms with Crippen molar-refractivity contribution >= 4 is 19.7 Å². The van der Waals surface area contributed by atoms with E-state index in [2.05, 4.69) is 0 Å². The van der Waals surface area contributed by atoms with Crippen molar-refractivity contribution in [3.8, 4) is 0 Å². The first-order chi connectivity index (χ1) is 4.91. The first kappa shape index (κ1) is 8.99. The highest BCUT2D eigenvalue weighted by molar-refractivity contribution is 7.95. The largest absolute Gasteiger partial charge is 0.229 e. The number of rotatable bonds is 0. The van der Waals surface area contributed by atoms with E-state index in [0.29, 0.717) is 0 Å². The van der Waals surface area contributed by atoms with Crippen LogP contribution >= 0.6 is 0 Å². The van der Waals surface area contributed by atoms with Crippen LogP contribution in [-0.2, 0) is 19.7 Å². The van der Waals surface area contributed by atoms with Crippen LogP contribution in [0.4, 0.5) is 0 Å². The summed E-state index contributed by atoms with van der Waals surface area (Å²) in [6.45, 7) is 0. The lowest BCUT2D eigenvalue weighted by molar-refractivity contribution is 0.593. The Hall–Kier alpha value is -0.100. The van der Waals surface area contributed by atoms with Gasteiger partial charge in [0.1, 0.15) is 0 Å². The van der Waals surface area contributed by atoms with Crippen molar-refractivity contribution < 1.29 is 16.8 Å². The van der Waals surface area contributed by atoms with Gasteiger partial charge in [-0.05, 0) is 6.42 Å². The molecule has 1 rings (SSSR count). The summed E-state index contributed by atoms with van der Waals surface area (Å²) < 4.78 is 43.6. The van der Waals surface area contributed by atoms with Gasteiger partial charge < -0.3 is 0 Å². The molecule has 11 heavy (non-hydrogen) atoms. The van der Waals surface area contributed by atoms with Crippen LogP contribution in [0.3, 0.4) is 0 Å². The van der Waals surface area contributed by atoms with Crippen molar-refractivity contribution in [1.82, 2.24) is 0 Å². The van der Waals surface area contributed by atoms with Gasteiger partial charge in [0.05, 0.1) is 23.0 Å². The number of hydrogen-bond donors (Lipinski definition) is 0. The third kappa shape index (κ3) is 2.78. The summed E-state index contributed by atoms with van der Waals surface area (Å²) in [6, 6.07) is 0. The second kappa shape index (κ2) is 2.75. The summed E-state index contributed by atoms with van der Waals surface area (Å²) in [4.78, 5) is 0. The summed E-state index contributed by atoms with van der Waals surface area (Å²) in [7, 11) is -6.14. The molecule has 1 heterocycles. The molecular weight excluding hydrogens is 188 g/mol. The smallest absolute Gasteiger partial charge is 0.151 e. The zero-order valence-electron chi connectivity index (χ0n) is 5.99. The van der Waals surface area contributed by atoms with Crippen LogP contribution in [0.1, 0.15) is 6.42 Å². The molecule has 0 bridgehead atoms. The normalized spacial score (nSPS) is 29.1. The molecule has 1 aliphatic rings. The molecule has 1 saturated heterocycles. The predicted octanol–water partition coefficient (Wildman–Crippen LogP) is -0.780. The number of sulfone groups is 2. The molecule has 0 N–H and O–H groups in total. The third-order valence-corrected chi connectivity index (χ3v) is 5.35. The van der Waals surface area contributed by atoms with E-state index in [4.69, 9.17) is 0 Å². The molecule has 0 radical (unpaired) electrons. The van der Waals surface area contributed by atoms with Crippen LogP contribution in [0.2, 0.25) is 0 Å². The van der Waals surface area contributed by atoms with Gasteiger partial charge in [0.2, 0.25) is 0 Å². The third-order valence-electron chi connectivity index (χ3n) is 1.62. The maximum Gasteiger partial charge on any atom is 0.151 e. The van der Waals surface area contributed by atoms with Crippen LogP contribution in [0.25, 0.3) is 0 Å². The molecule has 0 saturated carbocycles. The van der Waals surface area contributed by atoms with Crippen LogP contribution in [-0.4, -0.2) is 39.8 Å². The summed E-state index contributed by atoms with van der Waals surface area (Å²) in [5.74, 6) is -0.358. The minimum atomic E-state index is -3.07. The molecule has 0 spiro atoms. The van der Waals surface area contributed by atoms with Gasteiger partial charge in [-0.2, -0.15) is 0 Å². The van der Waals surface area contributed by atoms with Gasteiger partial charge in [-0.1, -0.05) is 0 Å². The maximum absolute atomic E-state index is 10.9. The van der Waals surface area contributed by atoms with E-state index < -0.39 is 19.7 Å². The van der Waals surface area contributed by atoms with Crippen LogP contribution in [0.5, 0.6) is 0 Å². The highest BCUT2D eigenvalue weighted by Gasteiger charge is 2.22. The van der Waals surface area contributed by atoms with Crippen molar-refractivity contribution in [2.75, 3.05) is 23.0 Å². The van der Waals surface area contributed by atoms with Crippen molar-refractivity contribution in [1.29, 1.82) is 0 Å². The van der Waals surface area contributed by atoms with Gasteiger partial charge in [-0.3, -0.25) is 0 Å². The van der Waals surface area contributed by atoms with Crippen LogP contribution < -0.4 is 0 Å². The van der Waals surface area contributed by atoms with E-state index in [1.165, 1.54) is 0 Å². The molecule has 1 fully saturated rings. The van der Waals surface area contributed by atoms with Crippen LogP contribution in [0, 0.1) is 0 Å². The van der Waals surface area contributed by atoms with Gasteiger partial charge in [0, 0.05) is 0 Å². The van der Waals surface area contributed by atoms with E-state index in [1.54, 1.807) is 0 Å². The molecule has 0 unspecified atom stereocenters. The fourth-order valence-electron chi connectivity index (χ4n) is 0.957. The molecular formula is C5H10O4S2. The SMILES string of the molecule is O=S1(=O)CCCS(=O)(=O)CC1. The summed E-state index contributed by atoms with van der Waals surface area (Å²) >= 11 is 0. The van der Waals surface area contributed by atoms with Gasteiger partial charge >= 0.3 is 0 Å². The molecule has 0 aliphatic carbocycles. The second-order valence-corrected chi connectivity index (χ2v) is 7.26. The molecule has 0 aromatic rings. The lowest BCUT2D eigenvalue weighted by atomic mass is 10.6. The Morgan fingerprint density at radius 1 is 0.636 bits per heavy atom. The standard InChI is InChI=1S/C5H10O4S2/c6-10(7)2-1-3-11(8,9)5-4-10/h1-5H2. The molecule has 0 atom stereocenters. The predicted molar refractivity (Wildman–Crippen MR) is 41.9 cm³/mol. The maximum atomic E-state index is 10.9. The summed E-state index contributed by atoms with van der Waals surface area (Å²) in [6.07, 6.45) is 0.255. The van der Waals surface area contributed by atoms with Crippen molar-refractivity contribution in [3.05, 3.63) is 0 Å². The first-order valence-electron chi connectivity index (χ1n) is 3.32. The van der Waals surface area contributed by atoms with E-state index in [-0.39, 0.29) is 29.4 Å². The summed E-state index contributed by atoms with van der Waals surface area (Å²) in [5.41, 5.74) is 0. The van der Waals surface area contributed by atoms with Gasteiger partial charge in [0.15, 0.2) is 19.7 Å². The van der Waals surface area contributed by atoms with Gasteiger partial charge in [0.25, 0.3) is 0 Å². The average Bonchev–Trinajstić information content (AvgIpc) is 1.92.